The Hall–Kier alpha value is -4.92. The maximum atomic E-state index is 2.50. The van der Waals surface area contributed by atoms with Gasteiger partial charge >= 0.3 is 0 Å². The summed E-state index contributed by atoms with van der Waals surface area (Å²) >= 11 is 0. The predicted molar refractivity (Wildman–Crippen MR) is 176 cm³/mol. The van der Waals surface area contributed by atoms with E-state index in [1.165, 1.54) is 65.2 Å². The molecule has 1 aromatic heterocycles. The summed E-state index contributed by atoms with van der Waals surface area (Å²) in [5.74, 6) is 0. The molecule has 1 aliphatic heterocycles. The van der Waals surface area contributed by atoms with E-state index in [0.717, 1.165) is 0 Å². The second-order valence-electron chi connectivity index (χ2n) is 11.0. The quantitative estimate of drug-likeness (QED) is 0.215. The van der Waals surface area contributed by atoms with E-state index < -0.39 is 8.07 Å². The normalized spacial score (nSPS) is 13.2. The van der Waals surface area contributed by atoms with Crippen LogP contribution in [0.2, 0.25) is 0 Å². The van der Waals surface area contributed by atoms with Crippen LogP contribution in [0.1, 0.15) is 0 Å². The van der Waals surface area contributed by atoms with Crippen LogP contribution in [0.3, 0.4) is 0 Å². The summed E-state index contributed by atoms with van der Waals surface area (Å²) in [6.45, 7) is 0. The molecule has 7 aromatic rings. The number of aromatic nitrogens is 1. The van der Waals surface area contributed by atoms with Gasteiger partial charge in [0, 0.05) is 23.6 Å². The van der Waals surface area contributed by atoms with Crippen molar-refractivity contribution in [3.63, 3.8) is 0 Å². The third kappa shape index (κ3) is 3.48. The smallest absolute Gasteiger partial charge is 0.183 e. The van der Waals surface area contributed by atoms with Crippen LogP contribution in [0.25, 0.3) is 44.4 Å². The van der Waals surface area contributed by atoms with E-state index in [1.807, 2.05) is 0 Å². The molecule has 0 spiro atoms. The standard InChI is InChI=1S/C39H29NSi/c1-40-36-26-30(28-14-6-2-7-15-28)22-24-34(36)39-38(40)35-25-23-31(29-16-8-3-9-17-29)27-37(35)41(39,32-18-10-4-11-19-32)33-20-12-5-13-21-33/h2-27H,1H3. The van der Waals surface area contributed by atoms with E-state index in [9.17, 15) is 0 Å². The van der Waals surface area contributed by atoms with Crippen LogP contribution in [0.15, 0.2) is 158 Å². The number of hydrogen-bond donors (Lipinski definition) is 0. The van der Waals surface area contributed by atoms with Crippen LogP contribution < -0.4 is 20.7 Å². The summed E-state index contributed by atoms with van der Waals surface area (Å²) < 4.78 is 2.46. The molecule has 0 N–H and O–H groups in total. The minimum atomic E-state index is -2.65. The second-order valence-corrected chi connectivity index (χ2v) is 14.7. The van der Waals surface area contributed by atoms with Gasteiger partial charge in [-0.25, -0.2) is 0 Å². The van der Waals surface area contributed by atoms with Crippen molar-refractivity contribution in [2.24, 2.45) is 7.05 Å². The molecule has 2 heteroatoms. The van der Waals surface area contributed by atoms with Crippen molar-refractivity contribution in [2.45, 2.75) is 0 Å². The third-order valence-electron chi connectivity index (χ3n) is 8.88. The lowest BCUT2D eigenvalue weighted by Crippen LogP contribution is -2.72. The molecule has 8 rings (SSSR count). The number of rotatable bonds is 4. The Balaban J connectivity index is 1.51. The highest BCUT2D eigenvalue weighted by Gasteiger charge is 2.51. The van der Waals surface area contributed by atoms with Crippen molar-refractivity contribution in [1.82, 2.24) is 4.57 Å². The summed E-state index contributed by atoms with van der Waals surface area (Å²) in [5.41, 5.74) is 9.04. The highest BCUT2D eigenvalue weighted by Crippen LogP contribution is 2.37. The van der Waals surface area contributed by atoms with Gasteiger partial charge in [-0.2, -0.15) is 0 Å². The number of aryl methyl sites for hydroxylation is 1. The molecule has 2 heterocycles. The van der Waals surface area contributed by atoms with E-state index in [0.29, 0.717) is 0 Å². The molecule has 41 heavy (non-hydrogen) atoms. The van der Waals surface area contributed by atoms with Gasteiger partial charge in [-0.05, 0) is 54.6 Å². The first-order valence-corrected chi connectivity index (χ1v) is 16.3. The highest BCUT2D eigenvalue weighted by molar-refractivity contribution is 7.23. The van der Waals surface area contributed by atoms with Gasteiger partial charge in [-0.15, -0.1) is 0 Å². The van der Waals surface area contributed by atoms with E-state index >= 15 is 0 Å². The predicted octanol–water partition coefficient (Wildman–Crippen LogP) is 6.87. The Morgan fingerprint density at radius 2 is 0.951 bits per heavy atom. The van der Waals surface area contributed by atoms with Crippen molar-refractivity contribution in [1.29, 1.82) is 0 Å². The molecule has 194 valence electrons. The summed E-state index contributed by atoms with van der Waals surface area (Å²) in [7, 11) is -0.396. The van der Waals surface area contributed by atoms with Gasteiger partial charge in [-0.3, -0.25) is 0 Å². The monoisotopic (exact) mass is 539 g/mol. The fourth-order valence-corrected chi connectivity index (χ4v) is 12.5. The maximum Gasteiger partial charge on any atom is 0.183 e. The Bertz CT molecular complexity index is 1990. The van der Waals surface area contributed by atoms with E-state index in [2.05, 4.69) is 169 Å². The number of hydrogen-bond acceptors (Lipinski definition) is 0. The zero-order chi connectivity index (χ0) is 27.4. The molecule has 6 aromatic carbocycles. The molecule has 0 saturated carbocycles. The van der Waals surface area contributed by atoms with Gasteiger partial charge in [0.2, 0.25) is 0 Å². The average molecular weight is 540 g/mol. The molecule has 0 aliphatic carbocycles. The largest absolute Gasteiger partial charge is 0.344 e. The fraction of sp³-hybridized carbons (Fsp3) is 0.0256. The zero-order valence-electron chi connectivity index (χ0n) is 23.0. The first-order valence-electron chi connectivity index (χ1n) is 14.3. The van der Waals surface area contributed by atoms with Gasteiger partial charge in [0.15, 0.2) is 8.07 Å². The van der Waals surface area contributed by atoms with Crippen LogP contribution in [0, 0.1) is 0 Å². The van der Waals surface area contributed by atoms with Gasteiger partial charge in [0.05, 0.1) is 0 Å². The van der Waals surface area contributed by atoms with Crippen molar-refractivity contribution in [3.05, 3.63) is 158 Å². The number of fused-ring (bicyclic) bond motifs is 5. The first-order chi connectivity index (χ1) is 20.3. The van der Waals surface area contributed by atoms with Gasteiger partial charge in [-0.1, -0.05) is 152 Å². The van der Waals surface area contributed by atoms with Crippen molar-refractivity contribution < 1.29 is 0 Å². The lowest BCUT2D eigenvalue weighted by atomic mass is 10.0. The van der Waals surface area contributed by atoms with Crippen LogP contribution in [-0.4, -0.2) is 12.6 Å². The van der Waals surface area contributed by atoms with Crippen LogP contribution in [-0.2, 0) is 7.05 Å². The molecule has 0 bridgehead atoms. The molecule has 0 radical (unpaired) electrons. The van der Waals surface area contributed by atoms with Gasteiger partial charge in [0.25, 0.3) is 0 Å². The molecule has 0 unspecified atom stereocenters. The first kappa shape index (κ1) is 23.9. The topological polar surface area (TPSA) is 4.93 Å². The Kier molecular flexibility index (Phi) is 5.44. The lowest BCUT2D eigenvalue weighted by Gasteiger charge is -2.31. The van der Waals surface area contributed by atoms with Crippen molar-refractivity contribution in [2.75, 3.05) is 0 Å². The van der Waals surface area contributed by atoms with Gasteiger partial charge < -0.3 is 4.57 Å². The molecule has 0 fully saturated rings. The summed E-state index contributed by atoms with van der Waals surface area (Å²) in [6, 6.07) is 58.4. The highest BCUT2D eigenvalue weighted by atomic mass is 28.3. The molecule has 1 aliphatic rings. The van der Waals surface area contributed by atoms with Crippen LogP contribution in [0.4, 0.5) is 0 Å². The Labute approximate surface area is 242 Å². The fourth-order valence-electron chi connectivity index (χ4n) is 7.09. The summed E-state index contributed by atoms with van der Waals surface area (Å²) in [6.07, 6.45) is 0. The molecule has 0 saturated heterocycles. The van der Waals surface area contributed by atoms with E-state index in [4.69, 9.17) is 0 Å². The second kappa shape index (κ2) is 9.33. The Morgan fingerprint density at radius 1 is 0.463 bits per heavy atom. The van der Waals surface area contributed by atoms with Gasteiger partial charge in [0.1, 0.15) is 0 Å². The molecule has 0 atom stereocenters. The van der Waals surface area contributed by atoms with Crippen molar-refractivity contribution >= 4 is 39.7 Å². The lowest BCUT2D eigenvalue weighted by molar-refractivity contribution is 0.983. The molecule has 0 amide bonds. The number of benzene rings is 6. The number of nitrogens with zero attached hydrogens (tertiary/aromatic N) is 1. The zero-order valence-corrected chi connectivity index (χ0v) is 24.0. The minimum Gasteiger partial charge on any atom is -0.344 e. The minimum absolute atomic E-state index is 1.25. The van der Waals surface area contributed by atoms with E-state index in [1.54, 1.807) is 0 Å². The van der Waals surface area contributed by atoms with Crippen LogP contribution in [0.5, 0.6) is 0 Å². The van der Waals surface area contributed by atoms with E-state index in [-0.39, 0.29) is 0 Å². The van der Waals surface area contributed by atoms with Crippen LogP contribution >= 0.6 is 0 Å². The SMILES string of the molecule is Cn1c2c(c3ccc(-c4ccccc4)cc31)[Si](c1ccccc1)(c1ccccc1)c1cc(-c3ccccc3)ccc1-2. The summed E-state index contributed by atoms with van der Waals surface area (Å²) in [5, 5.41) is 7.20. The molecular weight excluding hydrogens is 511 g/mol. The maximum absolute atomic E-state index is 2.65. The average Bonchev–Trinajstić information content (AvgIpc) is 3.52. The summed E-state index contributed by atoms with van der Waals surface area (Å²) in [4.78, 5) is 0. The van der Waals surface area contributed by atoms with Crippen molar-refractivity contribution in [3.8, 4) is 33.5 Å². The third-order valence-corrected chi connectivity index (χ3v) is 13.8. The molecular formula is C39H29NSi. The Morgan fingerprint density at radius 3 is 1.51 bits per heavy atom. The molecule has 1 nitrogen and oxygen atoms in total.